The van der Waals surface area contributed by atoms with E-state index in [-0.39, 0.29) is 24.3 Å². The summed E-state index contributed by atoms with van der Waals surface area (Å²) >= 11 is 0. The number of benzene rings is 1. The predicted octanol–water partition coefficient (Wildman–Crippen LogP) is 4.45. The molecule has 5 rings (SSSR count). The van der Waals surface area contributed by atoms with Gasteiger partial charge in [-0.1, -0.05) is 0 Å². The van der Waals surface area contributed by atoms with Crippen molar-refractivity contribution in [2.45, 2.75) is 50.7 Å². The maximum absolute atomic E-state index is 14.4. The number of likely N-dealkylation sites (tertiary alicyclic amines) is 1. The lowest BCUT2D eigenvalue weighted by Crippen LogP contribution is -2.48. The van der Waals surface area contributed by atoms with E-state index >= 15 is 0 Å². The average molecular weight is 545 g/mol. The van der Waals surface area contributed by atoms with Crippen molar-refractivity contribution in [1.82, 2.24) is 20.1 Å². The molecule has 2 saturated heterocycles. The second-order valence-electron chi connectivity index (χ2n) is 9.87. The van der Waals surface area contributed by atoms with Gasteiger partial charge < -0.3 is 23.9 Å². The topological polar surface area (TPSA) is 87.8 Å². The van der Waals surface area contributed by atoms with Crippen LogP contribution in [0, 0.1) is 5.82 Å². The van der Waals surface area contributed by atoms with E-state index in [2.05, 4.69) is 25.0 Å². The molecule has 0 N–H and O–H groups in total. The number of ether oxygens (including phenoxy) is 1. The van der Waals surface area contributed by atoms with Gasteiger partial charge in [0.05, 0.1) is 29.2 Å². The molecule has 0 aliphatic carbocycles. The first-order valence-electron chi connectivity index (χ1n) is 13.1. The first-order valence-corrected chi connectivity index (χ1v) is 13.1. The lowest BCUT2D eigenvalue weighted by molar-refractivity contribution is -0.107. The van der Waals surface area contributed by atoms with Crippen molar-refractivity contribution in [3.05, 3.63) is 53.9 Å². The minimum absolute atomic E-state index is 0.0677. The zero-order valence-electron chi connectivity index (χ0n) is 21.7. The highest BCUT2D eigenvalue weighted by Gasteiger charge is 2.29. The standard InChI is InChI=1S/C27H31F3N6O3/c1-34(21-6-10-35(11-7-21)22-8-12-38-13-9-22)24-14-19(28)3-5-23(24)36(17-37)16-20-4-2-18(15-31-20)26-32-33-27(39-26)25(29)30/h2-5,14-15,17,21-22,25H,6-13,16H2,1H3. The van der Waals surface area contributed by atoms with Crippen molar-refractivity contribution in [2.24, 2.45) is 0 Å². The highest BCUT2D eigenvalue weighted by atomic mass is 19.3. The summed E-state index contributed by atoms with van der Waals surface area (Å²) in [6, 6.07) is 8.43. The van der Waals surface area contributed by atoms with E-state index in [1.165, 1.54) is 23.2 Å². The Hall–Kier alpha value is -3.51. The molecule has 0 atom stereocenters. The number of carbonyl (C=O) groups excluding carboxylic acids is 1. The van der Waals surface area contributed by atoms with Crippen LogP contribution in [0.3, 0.4) is 0 Å². The van der Waals surface area contributed by atoms with Crippen molar-refractivity contribution >= 4 is 17.8 Å². The quantitative estimate of drug-likeness (QED) is 0.365. The van der Waals surface area contributed by atoms with Gasteiger partial charge in [-0.3, -0.25) is 9.78 Å². The SMILES string of the molecule is CN(c1cc(F)ccc1N(C=O)Cc1ccc(-c2nnc(C(F)F)o2)cn1)C1CCN(C2CCOCC2)CC1. The zero-order valence-corrected chi connectivity index (χ0v) is 21.7. The lowest BCUT2D eigenvalue weighted by Gasteiger charge is -2.42. The predicted molar refractivity (Wildman–Crippen MR) is 138 cm³/mol. The Balaban J connectivity index is 1.28. The Morgan fingerprint density at radius 1 is 1.08 bits per heavy atom. The van der Waals surface area contributed by atoms with Gasteiger partial charge in [-0.2, -0.15) is 8.78 Å². The summed E-state index contributed by atoms with van der Waals surface area (Å²) in [5.74, 6) is -1.21. The second-order valence-corrected chi connectivity index (χ2v) is 9.87. The fourth-order valence-electron chi connectivity index (χ4n) is 5.34. The molecule has 39 heavy (non-hydrogen) atoms. The Bertz CT molecular complexity index is 1240. The van der Waals surface area contributed by atoms with Crippen LogP contribution in [-0.4, -0.2) is 71.9 Å². The van der Waals surface area contributed by atoms with Crippen molar-refractivity contribution in [3.63, 3.8) is 0 Å². The number of nitrogens with zero attached hydrogens (tertiary/aromatic N) is 6. The van der Waals surface area contributed by atoms with Crippen LogP contribution in [0.1, 0.15) is 43.7 Å². The largest absolute Gasteiger partial charge is 0.415 e. The van der Waals surface area contributed by atoms with E-state index < -0.39 is 12.3 Å². The highest BCUT2D eigenvalue weighted by Crippen LogP contribution is 2.34. The second kappa shape index (κ2) is 12.1. The number of aromatic nitrogens is 3. The molecule has 0 spiro atoms. The molecule has 0 radical (unpaired) electrons. The molecule has 4 heterocycles. The number of hydrogen-bond acceptors (Lipinski definition) is 8. The third-order valence-corrected chi connectivity index (χ3v) is 7.54. The number of hydrogen-bond donors (Lipinski definition) is 0. The summed E-state index contributed by atoms with van der Waals surface area (Å²) in [5.41, 5.74) is 2.13. The Morgan fingerprint density at radius 2 is 1.85 bits per heavy atom. The van der Waals surface area contributed by atoms with Crippen LogP contribution in [0.15, 0.2) is 40.9 Å². The molecule has 208 valence electrons. The number of pyridine rings is 1. The van der Waals surface area contributed by atoms with Gasteiger partial charge in [0.2, 0.25) is 12.3 Å². The minimum atomic E-state index is -2.86. The average Bonchev–Trinajstić information content (AvgIpc) is 3.48. The first kappa shape index (κ1) is 27.1. The molecule has 1 amide bonds. The lowest BCUT2D eigenvalue weighted by atomic mass is 9.98. The fraction of sp³-hybridized carbons (Fsp3) is 0.481. The van der Waals surface area contributed by atoms with Gasteiger partial charge in [0.15, 0.2) is 0 Å². The number of anilines is 2. The number of rotatable bonds is 9. The van der Waals surface area contributed by atoms with Crippen LogP contribution >= 0.6 is 0 Å². The third-order valence-electron chi connectivity index (χ3n) is 7.54. The minimum Gasteiger partial charge on any atom is -0.415 e. The number of carbonyl (C=O) groups is 1. The van der Waals surface area contributed by atoms with Crippen molar-refractivity contribution in [2.75, 3.05) is 43.2 Å². The monoisotopic (exact) mass is 544 g/mol. The maximum atomic E-state index is 14.4. The zero-order chi connectivity index (χ0) is 27.4. The number of alkyl halides is 2. The molecule has 3 aromatic rings. The van der Waals surface area contributed by atoms with Crippen LogP contribution in [0.2, 0.25) is 0 Å². The van der Waals surface area contributed by atoms with E-state index in [1.807, 2.05) is 7.05 Å². The molecular formula is C27H31F3N6O3. The van der Waals surface area contributed by atoms with Gasteiger partial charge in [0.25, 0.3) is 5.89 Å². The summed E-state index contributed by atoms with van der Waals surface area (Å²) in [7, 11) is 1.95. The maximum Gasteiger partial charge on any atom is 0.314 e. The highest BCUT2D eigenvalue weighted by molar-refractivity contribution is 5.84. The molecule has 9 nitrogen and oxygen atoms in total. The van der Waals surface area contributed by atoms with E-state index in [0.717, 1.165) is 52.0 Å². The molecule has 2 fully saturated rings. The van der Waals surface area contributed by atoms with Gasteiger partial charge in [-0.25, -0.2) is 4.39 Å². The molecule has 0 saturated carbocycles. The van der Waals surface area contributed by atoms with Crippen LogP contribution in [0.25, 0.3) is 11.5 Å². The third kappa shape index (κ3) is 6.22. The van der Waals surface area contributed by atoms with E-state index in [4.69, 9.17) is 9.15 Å². The summed E-state index contributed by atoms with van der Waals surface area (Å²) in [4.78, 5) is 22.6. The molecular weight excluding hydrogens is 513 g/mol. The first-order chi connectivity index (χ1) is 18.9. The molecule has 12 heteroatoms. The van der Waals surface area contributed by atoms with Crippen LogP contribution in [-0.2, 0) is 16.1 Å². The van der Waals surface area contributed by atoms with Gasteiger partial charge in [0, 0.05) is 51.6 Å². The van der Waals surface area contributed by atoms with E-state index in [9.17, 15) is 18.0 Å². The number of halogens is 3. The summed E-state index contributed by atoms with van der Waals surface area (Å²) in [6.45, 7) is 3.69. The van der Waals surface area contributed by atoms with Crippen molar-refractivity contribution in [1.29, 1.82) is 0 Å². The van der Waals surface area contributed by atoms with E-state index in [1.54, 1.807) is 18.2 Å². The molecule has 2 aliphatic rings. The van der Waals surface area contributed by atoms with Gasteiger partial charge in [-0.15, -0.1) is 10.2 Å². The van der Waals surface area contributed by atoms with Crippen molar-refractivity contribution < 1.29 is 27.1 Å². The normalized spacial score (nSPS) is 17.5. The van der Waals surface area contributed by atoms with Crippen molar-refractivity contribution in [3.8, 4) is 11.5 Å². The Kier molecular flexibility index (Phi) is 8.41. The molecule has 0 unspecified atom stereocenters. The van der Waals surface area contributed by atoms with Gasteiger partial charge in [-0.05, 0) is 56.0 Å². The fourth-order valence-corrected chi connectivity index (χ4v) is 5.34. The number of amides is 1. The Morgan fingerprint density at radius 3 is 2.49 bits per heavy atom. The van der Waals surface area contributed by atoms with Crippen LogP contribution < -0.4 is 9.80 Å². The van der Waals surface area contributed by atoms with Gasteiger partial charge >= 0.3 is 6.43 Å². The molecule has 2 aromatic heterocycles. The summed E-state index contributed by atoms with van der Waals surface area (Å²) < 4.78 is 50.4. The Labute approximate surface area is 224 Å². The molecule has 1 aromatic carbocycles. The van der Waals surface area contributed by atoms with Gasteiger partial charge in [0.1, 0.15) is 5.82 Å². The van der Waals surface area contributed by atoms with Crippen LogP contribution in [0.4, 0.5) is 24.5 Å². The molecule has 0 bridgehead atoms. The smallest absolute Gasteiger partial charge is 0.314 e. The summed E-state index contributed by atoms with van der Waals surface area (Å²) in [6.07, 6.45) is 3.26. The molecule has 2 aliphatic heterocycles. The number of piperidine rings is 1. The van der Waals surface area contributed by atoms with Crippen LogP contribution in [0.5, 0.6) is 0 Å². The summed E-state index contributed by atoms with van der Waals surface area (Å²) in [5, 5.41) is 6.95. The van der Waals surface area contributed by atoms with E-state index in [0.29, 0.717) is 35.1 Å².